The minimum Gasteiger partial charge on any atom is -0.391 e. The number of thiazole rings is 1. The molecule has 2 heterocycles. The molecule has 0 aliphatic heterocycles. The molecule has 0 aromatic carbocycles. The Kier molecular flexibility index (Phi) is 4.51. The van der Waals surface area contributed by atoms with Gasteiger partial charge in [0.15, 0.2) is 0 Å². The van der Waals surface area contributed by atoms with Gasteiger partial charge < -0.3 is 10.4 Å². The smallest absolute Gasteiger partial charge is 0.270 e. The number of hydrogen-bond acceptors (Lipinski definition) is 5. The molecule has 0 saturated carbocycles. The Hall–Kier alpha value is -1.73. The van der Waals surface area contributed by atoms with Crippen LogP contribution in [0.1, 0.15) is 24.3 Å². The molecule has 0 saturated heterocycles. The Morgan fingerprint density at radius 3 is 2.90 bits per heavy atom. The summed E-state index contributed by atoms with van der Waals surface area (Å²) in [6.45, 7) is 4.04. The van der Waals surface area contributed by atoms with E-state index in [0.717, 1.165) is 10.6 Å². The number of aliphatic hydroxyl groups is 1. The molecule has 2 rings (SSSR count). The normalized spacial score (nSPS) is 12.7. The van der Waals surface area contributed by atoms with Crippen molar-refractivity contribution < 1.29 is 9.90 Å². The number of rotatable bonds is 5. The Bertz CT molecular complexity index is 591. The van der Waals surface area contributed by atoms with E-state index in [4.69, 9.17) is 0 Å². The Morgan fingerprint density at radius 2 is 2.30 bits per heavy atom. The van der Waals surface area contributed by atoms with Crippen molar-refractivity contribution in [3.63, 3.8) is 0 Å². The van der Waals surface area contributed by atoms with Gasteiger partial charge in [0.25, 0.3) is 5.91 Å². The van der Waals surface area contributed by atoms with E-state index in [-0.39, 0.29) is 18.4 Å². The molecule has 0 fully saturated rings. The first-order valence-electron chi connectivity index (χ1n) is 6.38. The van der Waals surface area contributed by atoms with Crippen LogP contribution in [0.2, 0.25) is 0 Å². The number of nitrogens with zero attached hydrogens (tertiary/aromatic N) is 3. The fourth-order valence-corrected chi connectivity index (χ4v) is 2.34. The van der Waals surface area contributed by atoms with Crippen molar-refractivity contribution >= 4 is 17.2 Å². The fraction of sp³-hybridized carbons (Fsp3) is 0.462. The summed E-state index contributed by atoms with van der Waals surface area (Å²) in [5.41, 5.74) is 1.25. The summed E-state index contributed by atoms with van der Waals surface area (Å²) in [6.07, 6.45) is 3.02. The van der Waals surface area contributed by atoms with Crippen LogP contribution in [0, 0.1) is 5.92 Å². The third-order valence-electron chi connectivity index (χ3n) is 2.93. The molecule has 7 heteroatoms. The molecule has 0 spiro atoms. The second-order valence-electron chi connectivity index (χ2n) is 4.96. The number of aryl methyl sites for hydroxylation is 1. The minimum absolute atomic E-state index is 0.108. The first kappa shape index (κ1) is 14.7. The van der Waals surface area contributed by atoms with Crippen LogP contribution >= 0.6 is 11.3 Å². The maximum absolute atomic E-state index is 11.9. The van der Waals surface area contributed by atoms with E-state index in [2.05, 4.69) is 15.4 Å². The molecular weight excluding hydrogens is 276 g/mol. The first-order valence-corrected chi connectivity index (χ1v) is 7.26. The summed E-state index contributed by atoms with van der Waals surface area (Å²) in [4.78, 5) is 16.2. The Labute approximate surface area is 121 Å². The van der Waals surface area contributed by atoms with Crippen LogP contribution in [0.25, 0.3) is 10.6 Å². The second-order valence-corrected chi connectivity index (χ2v) is 5.82. The third-order valence-corrected chi connectivity index (χ3v) is 3.82. The van der Waals surface area contributed by atoms with Crippen molar-refractivity contribution in [3.8, 4) is 10.6 Å². The lowest BCUT2D eigenvalue weighted by Gasteiger charge is -2.14. The van der Waals surface area contributed by atoms with E-state index >= 15 is 0 Å². The summed E-state index contributed by atoms with van der Waals surface area (Å²) in [5, 5.41) is 18.9. The van der Waals surface area contributed by atoms with Crippen LogP contribution in [-0.4, -0.2) is 38.4 Å². The molecule has 2 aromatic heterocycles. The molecule has 1 unspecified atom stereocenters. The third kappa shape index (κ3) is 3.43. The van der Waals surface area contributed by atoms with Crippen LogP contribution < -0.4 is 5.32 Å². The first-order chi connectivity index (χ1) is 9.47. The van der Waals surface area contributed by atoms with Gasteiger partial charge >= 0.3 is 0 Å². The zero-order chi connectivity index (χ0) is 14.7. The van der Waals surface area contributed by atoms with Crippen LogP contribution in [0.4, 0.5) is 0 Å². The summed E-state index contributed by atoms with van der Waals surface area (Å²) in [5.74, 6) is -0.159. The van der Waals surface area contributed by atoms with Gasteiger partial charge in [-0.05, 0) is 5.92 Å². The van der Waals surface area contributed by atoms with Gasteiger partial charge in [0, 0.05) is 30.7 Å². The van der Waals surface area contributed by atoms with Gasteiger partial charge in [-0.15, -0.1) is 11.3 Å². The van der Waals surface area contributed by atoms with Crippen LogP contribution in [0.5, 0.6) is 0 Å². The summed E-state index contributed by atoms with van der Waals surface area (Å²) in [6, 6.07) is 0. The lowest BCUT2D eigenvalue weighted by atomic mass is 10.1. The highest BCUT2D eigenvalue weighted by Crippen LogP contribution is 2.22. The quantitative estimate of drug-likeness (QED) is 0.871. The van der Waals surface area contributed by atoms with E-state index in [0.29, 0.717) is 5.69 Å². The summed E-state index contributed by atoms with van der Waals surface area (Å²) >= 11 is 1.40. The predicted octanol–water partition coefficient (Wildman–Crippen LogP) is 1.29. The number of hydrogen-bond donors (Lipinski definition) is 2. The number of aliphatic hydroxyl groups excluding tert-OH is 1. The van der Waals surface area contributed by atoms with Gasteiger partial charge in [-0.1, -0.05) is 13.8 Å². The maximum Gasteiger partial charge on any atom is 0.270 e. The lowest BCUT2D eigenvalue weighted by molar-refractivity contribution is 0.0868. The van der Waals surface area contributed by atoms with Gasteiger partial charge in [0.1, 0.15) is 10.7 Å². The van der Waals surface area contributed by atoms with E-state index in [1.165, 1.54) is 11.3 Å². The predicted molar refractivity (Wildman–Crippen MR) is 77.5 cm³/mol. The zero-order valence-corrected chi connectivity index (χ0v) is 12.5. The maximum atomic E-state index is 11.9. The van der Waals surface area contributed by atoms with Gasteiger partial charge in [0.2, 0.25) is 0 Å². The molecule has 2 aromatic rings. The standard InChI is InChI=1S/C13H18N4O2S/c1-8(2)11(18)5-14-12(19)10-7-20-13(16-10)9-4-15-17(3)6-9/h4,6-8,11,18H,5H2,1-3H3,(H,14,19). The molecule has 0 radical (unpaired) electrons. The van der Waals surface area contributed by atoms with E-state index in [9.17, 15) is 9.90 Å². The van der Waals surface area contributed by atoms with E-state index in [1.54, 1.807) is 16.3 Å². The number of aromatic nitrogens is 3. The van der Waals surface area contributed by atoms with Crippen molar-refractivity contribution in [1.29, 1.82) is 0 Å². The van der Waals surface area contributed by atoms with E-state index in [1.807, 2.05) is 27.1 Å². The van der Waals surface area contributed by atoms with Crippen LogP contribution in [-0.2, 0) is 7.05 Å². The number of carbonyl (C=O) groups is 1. The molecular formula is C13H18N4O2S. The van der Waals surface area contributed by atoms with E-state index < -0.39 is 6.10 Å². The monoisotopic (exact) mass is 294 g/mol. The SMILES string of the molecule is CC(C)C(O)CNC(=O)c1csc(-c2cnn(C)c2)n1. The van der Waals surface area contributed by atoms with Crippen LogP contribution in [0.15, 0.2) is 17.8 Å². The average Bonchev–Trinajstić information content (AvgIpc) is 3.03. The van der Waals surface area contributed by atoms with Crippen molar-refractivity contribution in [2.45, 2.75) is 20.0 Å². The molecule has 6 nitrogen and oxygen atoms in total. The molecule has 0 bridgehead atoms. The van der Waals surface area contributed by atoms with Gasteiger partial charge in [-0.3, -0.25) is 9.48 Å². The Balaban J connectivity index is 2.00. The van der Waals surface area contributed by atoms with Gasteiger partial charge in [-0.25, -0.2) is 4.98 Å². The van der Waals surface area contributed by atoms with Crippen molar-refractivity contribution in [3.05, 3.63) is 23.5 Å². The summed E-state index contributed by atoms with van der Waals surface area (Å²) in [7, 11) is 1.83. The fourth-order valence-electron chi connectivity index (χ4n) is 1.57. The van der Waals surface area contributed by atoms with Gasteiger partial charge in [0.05, 0.1) is 12.3 Å². The number of carbonyl (C=O) groups excluding carboxylic acids is 1. The molecule has 0 aliphatic carbocycles. The number of nitrogens with one attached hydrogen (secondary N) is 1. The topological polar surface area (TPSA) is 80.0 Å². The highest BCUT2D eigenvalue weighted by molar-refractivity contribution is 7.13. The largest absolute Gasteiger partial charge is 0.391 e. The molecule has 2 N–H and O–H groups in total. The highest BCUT2D eigenvalue weighted by atomic mass is 32.1. The molecule has 1 atom stereocenters. The van der Waals surface area contributed by atoms with Crippen molar-refractivity contribution in [2.75, 3.05) is 6.54 Å². The lowest BCUT2D eigenvalue weighted by Crippen LogP contribution is -2.34. The molecule has 108 valence electrons. The van der Waals surface area contributed by atoms with Crippen molar-refractivity contribution in [2.24, 2.45) is 13.0 Å². The number of amides is 1. The summed E-state index contributed by atoms with van der Waals surface area (Å²) < 4.78 is 1.69. The molecule has 20 heavy (non-hydrogen) atoms. The average molecular weight is 294 g/mol. The highest BCUT2D eigenvalue weighted by Gasteiger charge is 2.15. The molecule has 0 aliphatic rings. The van der Waals surface area contributed by atoms with Gasteiger partial charge in [-0.2, -0.15) is 5.10 Å². The second kappa shape index (κ2) is 6.15. The Morgan fingerprint density at radius 1 is 1.55 bits per heavy atom. The minimum atomic E-state index is -0.546. The molecule has 1 amide bonds. The van der Waals surface area contributed by atoms with Crippen LogP contribution in [0.3, 0.4) is 0 Å². The zero-order valence-electron chi connectivity index (χ0n) is 11.7. The van der Waals surface area contributed by atoms with Crippen molar-refractivity contribution in [1.82, 2.24) is 20.1 Å².